The molecule has 0 aromatic carbocycles. The minimum absolute atomic E-state index is 0.0646. The molecule has 0 aliphatic carbocycles. The molecule has 0 atom stereocenters. The van der Waals surface area contributed by atoms with Gasteiger partial charge in [0.05, 0.1) is 19.8 Å². The minimum atomic E-state index is -0.337. The number of hydrogen-bond donors (Lipinski definition) is 2. The van der Waals surface area contributed by atoms with Gasteiger partial charge in [-0.2, -0.15) is 0 Å². The van der Waals surface area contributed by atoms with Crippen LogP contribution >= 0.6 is 0 Å². The summed E-state index contributed by atoms with van der Waals surface area (Å²) >= 11 is 0. The van der Waals surface area contributed by atoms with Gasteiger partial charge in [-0.1, -0.05) is 0 Å². The van der Waals surface area contributed by atoms with Crippen LogP contribution in [0, 0.1) is 0 Å². The molecule has 0 aromatic heterocycles. The maximum absolute atomic E-state index is 10.3. The highest BCUT2D eigenvalue weighted by atomic mass is 16.5. The lowest BCUT2D eigenvalue weighted by atomic mass is 10.3. The Morgan fingerprint density at radius 2 is 1.64 bits per heavy atom. The smallest absolute Gasteiger partial charge is 0.219 e. The molecule has 0 spiro atoms. The number of carbonyl (C=O) groups is 1. The Morgan fingerprint density at radius 1 is 1.07 bits per heavy atom. The third kappa shape index (κ3) is 11.4. The van der Waals surface area contributed by atoms with Crippen LogP contribution in [0.15, 0.2) is 0 Å². The van der Waals surface area contributed by atoms with Gasteiger partial charge in [-0.25, -0.2) is 0 Å². The number of unbranched alkanes of at least 4 members (excludes halogenated alkanes) is 1. The topological polar surface area (TPSA) is 81.8 Å². The van der Waals surface area contributed by atoms with Crippen LogP contribution in [0.1, 0.15) is 19.3 Å². The number of aliphatic hydroxyl groups excluding tert-OH is 1. The van der Waals surface area contributed by atoms with Crippen LogP contribution < -0.4 is 5.73 Å². The Bertz CT molecular complexity index is 141. The number of hydrogen-bond acceptors (Lipinski definition) is 4. The molecule has 14 heavy (non-hydrogen) atoms. The van der Waals surface area contributed by atoms with Gasteiger partial charge in [-0.05, 0) is 12.8 Å². The van der Waals surface area contributed by atoms with E-state index in [1.807, 2.05) is 0 Å². The maximum atomic E-state index is 10.3. The summed E-state index contributed by atoms with van der Waals surface area (Å²) in [5, 5.41) is 8.40. The van der Waals surface area contributed by atoms with Gasteiger partial charge in [0.2, 0.25) is 5.91 Å². The molecule has 0 heterocycles. The van der Waals surface area contributed by atoms with E-state index in [1.165, 1.54) is 0 Å². The first-order valence-corrected chi connectivity index (χ1v) is 4.82. The van der Waals surface area contributed by atoms with Gasteiger partial charge in [0.1, 0.15) is 0 Å². The molecule has 0 rings (SSSR count). The van der Waals surface area contributed by atoms with Gasteiger partial charge in [-0.3, -0.25) is 4.79 Å². The van der Waals surface area contributed by atoms with E-state index in [0.29, 0.717) is 26.4 Å². The predicted octanol–water partition coefficient (Wildman–Crippen LogP) is -0.333. The fraction of sp³-hybridized carbons (Fsp3) is 0.889. The number of aliphatic hydroxyl groups is 1. The van der Waals surface area contributed by atoms with E-state index in [2.05, 4.69) is 0 Å². The summed E-state index contributed by atoms with van der Waals surface area (Å²) in [7, 11) is 0. The highest BCUT2D eigenvalue weighted by Crippen LogP contribution is 1.92. The molecular weight excluding hydrogens is 186 g/mol. The molecule has 1 amide bonds. The zero-order valence-corrected chi connectivity index (χ0v) is 8.41. The van der Waals surface area contributed by atoms with Gasteiger partial charge in [0, 0.05) is 19.6 Å². The van der Waals surface area contributed by atoms with Crippen molar-refractivity contribution in [3.05, 3.63) is 0 Å². The van der Waals surface area contributed by atoms with E-state index in [0.717, 1.165) is 12.8 Å². The molecule has 5 nitrogen and oxygen atoms in total. The van der Waals surface area contributed by atoms with Gasteiger partial charge in [-0.15, -0.1) is 0 Å². The number of carbonyl (C=O) groups excluding carboxylic acids is 1. The Kier molecular flexibility index (Phi) is 9.95. The summed E-state index contributed by atoms with van der Waals surface area (Å²) in [5.41, 5.74) is 4.93. The number of ether oxygens (including phenoxy) is 2. The van der Waals surface area contributed by atoms with Crippen molar-refractivity contribution in [2.45, 2.75) is 19.3 Å². The lowest BCUT2D eigenvalue weighted by molar-refractivity contribution is -0.119. The zero-order valence-electron chi connectivity index (χ0n) is 8.41. The van der Waals surface area contributed by atoms with E-state index in [9.17, 15) is 4.79 Å². The lowest BCUT2D eigenvalue weighted by Gasteiger charge is -2.03. The van der Waals surface area contributed by atoms with Crippen LogP contribution in [0.4, 0.5) is 0 Å². The molecule has 0 fully saturated rings. The summed E-state index contributed by atoms with van der Waals surface area (Å²) in [4.78, 5) is 10.3. The van der Waals surface area contributed by atoms with Crippen molar-refractivity contribution in [3.63, 3.8) is 0 Å². The summed E-state index contributed by atoms with van der Waals surface area (Å²) in [6.07, 6.45) is 2.07. The molecular formula is C9H19NO4. The van der Waals surface area contributed by atoms with Crippen LogP contribution in [0.5, 0.6) is 0 Å². The SMILES string of the molecule is NC(=O)CCOCCCCOCCO. The number of nitrogens with two attached hydrogens (primary N) is 1. The van der Waals surface area contributed by atoms with E-state index < -0.39 is 0 Å². The van der Waals surface area contributed by atoms with Crippen LogP contribution in [0.2, 0.25) is 0 Å². The molecule has 0 saturated carbocycles. The fourth-order valence-corrected chi connectivity index (χ4v) is 0.850. The molecule has 5 heteroatoms. The number of primary amides is 1. The summed E-state index contributed by atoms with van der Waals surface area (Å²) in [5.74, 6) is -0.337. The minimum Gasteiger partial charge on any atom is -0.394 e. The average Bonchev–Trinajstić information content (AvgIpc) is 2.15. The monoisotopic (exact) mass is 205 g/mol. The van der Waals surface area contributed by atoms with Crippen LogP contribution in [0.3, 0.4) is 0 Å². The highest BCUT2D eigenvalue weighted by Gasteiger charge is 1.94. The Morgan fingerprint density at radius 3 is 2.14 bits per heavy atom. The normalized spacial score (nSPS) is 10.4. The largest absolute Gasteiger partial charge is 0.394 e. The zero-order chi connectivity index (χ0) is 10.6. The molecule has 0 aliphatic rings. The van der Waals surface area contributed by atoms with Crippen molar-refractivity contribution in [2.75, 3.05) is 33.0 Å². The molecule has 3 N–H and O–H groups in total. The number of amides is 1. The fourth-order valence-electron chi connectivity index (χ4n) is 0.850. The van der Waals surface area contributed by atoms with E-state index in [4.69, 9.17) is 20.3 Å². The van der Waals surface area contributed by atoms with Crippen LogP contribution in [-0.2, 0) is 14.3 Å². The first-order chi connectivity index (χ1) is 6.77. The second kappa shape index (κ2) is 10.4. The third-order valence-corrected chi connectivity index (χ3v) is 1.56. The van der Waals surface area contributed by atoms with Crippen molar-refractivity contribution >= 4 is 5.91 Å². The van der Waals surface area contributed by atoms with E-state index in [1.54, 1.807) is 0 Å². The van der Waals surface area contributed by atoms with Gasteiger partial charge < -0.3 is 20.3 Å². The Hall–Kier alpha value is -0.650. The predicted molar refractivity (Wildman–Crippen MR) is 51.8 cm³/mol. The van der Waals surface area contributed by atoms with Gasteiger partial charge in [0.15, 0.2) is 0 Å². The molecule has 0 aliphatic heterocycles. The van der Waals surface area contributed by atoms with Crippen LogP contribution in [0.25, 0.3) is 0 Å². The highest BCUT2D eigenvalue weighted by molar-refractivity contribution is 5.73. The van der Waals surface area contributed by atoms with Crippen molar-refractivity contribution in [1.29, 1.82) is 0 Å². The Labute approximate surface area is 84.2 Å². The Balaban J connectivity index is 2.88. The standard InChI is InChI=1S/C9H19NO4/c10-9(12)3-7-13-5-1-2-6-14-8-4-11/h11H,1-8H2,(H2,10,12). The van der Waals surface area contributed by atoms with Gasteiger partial charge >= 0.3 is 0 Å². The number of rotatable bonds is 10. The molecule has 0 bridgehead atoms. The lowest BCUT2D eigenvalue weighted by Crippen LogP contribution is -2.13. The van der Waals surface area contributed by atoms with Crippen molar-refractivity contribution in [1.82, 2.24) is 0 Å². The first kappa shape index (κ1) is 13.4. The van der Waals surface area contributed by atoms with Gasteiger partial charge in [0.25, 0.3) is 0 Å². The van der Waals surface area contributed by atoms with Crippen molar-refractivity contribution in [3.8, 4) is 0 Å². The molecule has 0 aromatic rings. The van der Waals surface area contributed by atoms with Crippen LogP contribution in [-0.4, -0.2) is 44.0 Å². The van der Waals surface area contributed by atoms with E-state index in [-0.39, 0.29) is 18.9 Å². The van der Waals surface area contributed by atoms with Crippen molar-refractivity contribution in [2.24, 2.45) is 5.73 Å². The molecule has 0 unspecified atom stereocenters. The maximum Gasteiger partial charge on any atom is 0.219 e. The quantitative estimate of drug-likeness (QED) is 0.478. The molecule has 84 valence electrons. The second-order valence-electron chi connectivity index (χ2n) is 2.87. The molecule has 0 radical (unpaired) electrons. The van der Waals surface area contributed by atoms with Crippen molar-refractivity contribution < 1.29 is 19.4 Å². The summed E-state index contributed by atoms with van der Waals surface area (Å²) < 4.78 is 10.2. The summed E-state index contributed by atoms with van der Waals surface area (Å²) in [6, 6.07) is 0. The molecule has 0 saturated heterocycles. The third-order valence-electron chi connectivity index (χ3n) is 1.56. The second-order valence-corrected chi connectivity index (χ2v) is 2.87. The average molecular weight is 205 g/mol. The summed E-state index contributed by atoms with van der Waals surface area (Å²) in [6.45, 7) is 2.11. The first-order valence-electron chi connectivity index (χ1n) is 4.82. The van der Waals surface area contributed by atoms with E-state index >= 15 is 0 Å².